The second-order valence-corrected chi connectivity index (χ2v) is 4.43. The summed E-state index contributed by atoms with van der Waals surface area (Å²) in [7, 11) is 0. The first kappa shape index (κ1) is 17.6. The topological polar surface area (TPSA) is 12.0 Å². The molecule has 0 heterocycles. The molecular formula is C11H7F8NS. The van der Waals surface area contributed by atoms with Gasteiger partial charge in [0.25, 0.3) is 0 Å². The highest BCUT2D eigenvalue weighted by Crippen LogP contribution is 2.37. The lowest BCUT2D eigenvalue weighted by molar-refractivity contribution is -0.143. The van der Waals surface area contributed by atoms with E-state index in [1.54, 1.807) is 0 Å². The maximum atomic E-state index is 12.5. The predicted molar refractivity (Wildman–Crippen MR) is 63.3 cm³/mol. The zero-order chi connectivity index (χ0) is 16.4. The summed E-state index contributed by atoms with van der Waals surface area (Å²) >= 11 is 4.43. The van der Waals surface area contributed by atoms with Crippen LogP contribution in [0.1, 0.15) is 17.5 Å². The molecule has 0 amide bonds. The molecule has 0 aliphatic heterocycles. The van der Waals surface area contributed by atoms with Gasteiger partial charge in [0.2, 0.25) is 6.43 Å². The van der Waals surface area contributed by atoms with Gasteiger partial charge in [0.1, 0.15) is 0 Å². The van der Waals surface area contributed by atoms with Crippen molar-refractivity contribution in [1.82, 2.24) is 0 Å². The van der Waals surface area contributed by atoms with Gasteiger partial charge in [-0.25, -0.2) is 8.78 Å². The first-order valence-electron chi connectivity index (χ1n) is 5.27. The second-order valence-electron chi connectivity index (χ2n) is 3.94. The maximum Gasteiger partial charge on any atom is 0.416 e. The van der Waals surface area contributed by atoms with E-state index in [2.05, 4.69) is 12.2 Å². The van der Waals surface area contributed by atoms with Crippen molar-refractivity contribution in [3.05, 3.63) is 29.3 Å². The first-order chi connectivity index (χ1) is 9.39. The molecule has 0 fully saturated rings. The van der Waals surface area contributed by atoms with Crippen molar-refractivity contribution in [2.75, 3.05) is 5.32 Å². The average molecular weight is 337 g/mol. The van der Waals surface area contributed by atoms with Gasteiger partial charge < -0.3 is 5.32 Å². The Labute approximate surface area is 118 Å². The minimum absolute atomic E-state index is 0.0681. The minimum atomic E-state index is -5.01. The van der Waals surface area contributed by atoms with Crippen molar-refractivity contribution >= 4 is 22.9 Å². The Morgan fingerprint density at radius 1 is 0.952 bits per heavy atom. The molecule has 1 nitrogen and oxygen atoms in total. The van der Waals surface area contributed by atoms with E-state index in [4.69, 9.17) is 0 Å². The quantitative estimate of drug-likeness (QED) is 0.607. The highest BCUT2D eigenvalue weighted by Gasteiger charge is 2.37. The van der Waals surface area contributed by atoms with Crippen LogP contribution in [0.5, 0.6) is 0 Å². The van der Waals surface area contributed by atoms with Crippen molar-refractivity contribution in [3.8, 4) is 0 Å². The molecule has 0 aromatic heterocycles. The van der Waals surface area contributed by atoms with Crippen LogP contribution >= 0.6 is 12.2 Å². The van der Waals surface area contributed by atoms with Crippen molar-refractivity contribution in [3.63, 3.8) is 0 Å². The highest BCUT2D eigenvalue weighted by atomic mass is 32.1. The maximum absolute atomic E-state index is 12.5. The lowest BCUT2D eigenvalue weighted by Crippen LogP contribution is -2.16. The number of nitrogens with one attached hydrogen (secondary N) is 1. The third kappa shape index (κ3) is 5.44. The van der Waals surface area contributed by atoms with E-state index in [1.165, 1.54) is 0 Å². The fourth-order valence-corrected chi connectivity index (χ4v) is 1.62. The van der Waals surface area contributed by atoms with E-state index in [0.717, 1.165) is 0 Å². The number of alkyl halides is 8. The standard InChI is InChI=1S/C11H7F8NS/c12-8(13)4-9(21)20-7-2-5(10(14,15)16)1-6(3-7)11(17,18)19/h1-3,8H,4H2,(H,20,21). The summed E-state index contributed by atoms with van der Waals surface area (Å²) < 4.78 is 99.3. The zero-order valence-corrected chi connectivity index (χ0v) is 10.8. The summed E-state index contributed by atoms with van der Waals surface area (Å²) in [5.41, 5.74) is -3.76. The van der Waals surface area contributed by atoms with Crippen molar-refractivity contribution in [2.45, 2.75) is 25.2 Å². The van der Waals surface area contributed by atoms with Crippen LogP contribution in [-0.2, 0) is 12.4 Å². The Morgan fingerprint density at radius 3 is 1.71 bits per heavy atom. The number of benzene rings is 1. The molecule has 0 saturated heterocycles. The second kappa shape index (κ2) is 6.12. The smallest absolute Gasteiger partial charge is 0.350 e. The molecule has 0 aliphatic rings. The van der Waals surface area contributed by atoms with Gasteiger partial charge in [-0.3, -0.25) is 0 Å². The van der Waals surface area contributed by atoms with Crippen LogP contribution < -0.4 is 5.32 Å². The molecule has 1 N–H and O–H groups in total. The van der Waals surface area contributed by atoms with Gasteiger partial charge in [-0.1, -0.05) is 12.2 Å². The van der Waals surface area contributed by atoms with E-state index in [-0.39, 0.29) is 6.07 Å². The molecule has 0 spiro atoms. The lowest BCUT2D eigenvalue weighted by atomic mass is 10.1. The summed E-state index contributed by atoms with van der Waals surface area (Å²) in [6.07, 6.45) is -13.9. The van der Waals surface area contributed by atoms with Crippen LogP contribution in [0.3, 0.4) is 0 Å². The fraction of sp³-hybridized carbons (Fsp3) is 0.364. The lowest BCUT2D eigenvalue weighted by Gasteiger charge is -2.15. The van der Waals surface area contributed by atoms with Crippen LogP contribution in [0.4, 0.5) is 40.8 Å². The number of thiocarbonyl (C=S) groups is 1. The summed E-state index contributed by atoms with van der Waals surface area (Å²) in [5.74, 6) is 0. The molecule has 0 bridgehead atoms. The summed E-state index contributed by atoms with van der Waals surface area (Å²) in [6.45, 7) is 0. The van der Waals surface area contributed by atoms with Crippen LogP contribution in [0.25, 0.3) is 0 Å². The Hall–Kier alpha value is -1.45. The minimum Gasteiger partial charge on any atom is -0.350 e. The summed E-state index contributed by atoms with van der Waals surface area (Å²) in [5, 5.41) is 1.95. The molecule has 10 heteroatoms. The number of halogens is 8. The largest absolute Gasteiger partial charge is 0.416 e. The van der Waals surface area contributed by atoms with E-state index in [1.807, 2.05) is 5.32 Å². The van der Waals surface area contributed by atoms with E-state index < -0.39 is 47.0 Å². The SMILES string of the molecule is FC(F)CC(=S)Nc1cc(C(F)(F)F)cc(C(F)(F)F)c1. The molecular weight excluding hydrogens is 330 g/mol. The average Bonchev–Trinajstić information content (AvgIpc) is 2.24. The van der Waals surface area contributed by atoms with Crippen molar-refractivity contribution < 1.29 is 35.1 Å². The Kier molecular flexibility index (Phi) is 5.13. The van der Waals surface area contributed by atoms with Crippen molar-refractivity contribution in [1.29, 1.82) is 0 Å². The van der Waals surface area contributed by atoms with Gasteiger partial charge in [-0.05, 0) is 18.2 Å². The predicted octanol–water partition coefficient (Wildman–Crippen LogP) is 5.12. The molecule has 118 valence electrons. The third-order valence-corrected chi connectivity index (χ3v) is 2.48. The normalized spacial score (nSPS) is 12.6. The molecule has 21 heavy (non-hydrogen) atoms. The monoisotopic (exact) mass is 337 g/mol. The Morgan fingerprint density at radius 2 is 1.38 bits per heavy atom. The number of anilines is 1. The number of hydrogen-bond donors (Lipinski definition) is 1. The van der Waals surface area contributed by atoms with Gasteiger partial charge in [-0.2, -0.15) is 26.3 Å². The molecule has 0 radical (unpaired) electrons. The summed E-state index contributed by atoms with van der Waals surface area (Å²) in [6, 6.07) is 0.668. The molecule has 0 saturated carbocycles. The number of hydrogen-bond acceptors (Lipinski definition) is 1. The van der Waals surface area contributed by atoms with Crippen LogP contribution in [-0.4, -0.2) is 11.4 Å². The zero-order valence-electron chi connectivity index (χ0n) is 9.95. The van der Waals surface area contributed by atoms with Crippen LogP contribution in [0.2, 0.25) is 0 Å². The molecule has 0 atom stereocenters. The highest BCUT2D eigenvalue weighted by molar-refractivity contribution is 7.80. The Balaban J connectivity index is 3.17. The number of rotatable bonds is 3. The molecule has 1 aromatic rings. The van der Waals surface area contributed by atoms with Crippen LogP contribution in [0.15, 0.2) is 18.2 Å². The van der Waals surface area contributed by atoms with Gasteiger partial charge in [-0.15, -0.1) is 0 Å². The third-order valence-electron chi connectivity index (χ3n) is 2.21. The molecule has 1 rings (SSSR count). The fourth-order valence-electron chi connectivity index (χ4n) is 1.38. The van der Waals surface area contributed by atoms with Gasteiger partial charge >= 0.3 is 12.4 Å². The molecule has 1 aromatic carbocycles. The van der Waals surface area contributed by atoms with E-state index >= 15 is 0 Å². The molecule has 0 aliphatic carbocycles. The van der Waals surface area contributed by atoms with E-state index in [0.29, 0.717) is 12.1 Å². The van der Waals surface area contributed by atoms with Gasteiger partial charge in [0.05, 0.1) is 22.5 Å². The van der Waals surface area contributed by atoms with Crippen molar-refractivity contribution in [2.24, 2.45) is 0 Å². The van der Waals surface area contributed by atoms with Crippen LogP contribution in [0, 0.1) is 0 Å². The first-order valence-corrected chi connectivity index (χ1v) is 5.68. The summed E-state index contributed by atoms with van der Waals surface area (Å²) in [4.78, 5) is -0.558. The molecule has 0 unspecified atom stereocenters. The van der Waals surface area contributed by atoms with E-state index in [9.17, 15) is 35.1 Å². The Bertz CT molecular complexity index is 488. The van der Waals surface area contributed by atoms with Gasteiger partial charge in [0.15, 0.2) is 0 Å². The van der Waals surface area contributed by atoms with Gasteiger partial charge in [0, 0.05) is 5.69 Å².